The molecule has 0 aliphatic carbocycles. The van der Waals surface area contributed by atoms with Crippen molar-refractivity contribution in [3.63, 3.8) is 0 Å². The van der Waals surface area contributed by atoms with Crippen molar-refractivity contribution in [3.8, 4) is 0 Å². The van der Waals surface area contributed by atoms with Crippen molar-refractivity contribution < 1.29 is 73.8 Å². The molecule has 72 heavy (non-hydrogen) atoms. The second-order valence-corrected chi connectivity index (χ2v) is 20.2. The molecule has 0 aromatic carbocycles. The summed E-state index contributed by atoms with van der Waals surface area (Å²) in [6, 6.07) is 0. The number of aliphatic hydroxyl groups excluding tert-OH is 7. The van der Waals surface area contributed by atoms with E-state index in [1.165, 1.54) is 160 Å². The average Bonchev–Trinajstić information content (AvgIpc) is 3.37. The fourth-order valence-corrected chi connectivity index (χ4v) is 9.00. The van der Waals surface area contributed by atoms with Gasteiger partial charge in [-0.3, -0.25) is 4.79 Å². The van der Waals surface area contributed by atoms with E-state index >= 15 is 0 Å². The topological polar surface area (TPSA) is 231 Å². The maximum Gasteiger partial charge on any atom is 0.331 e. The molecule has 2 heterocycles. The van der Waals surface area contributed by atoms with E-state index < -0.39 is 99.3 Å². The van der Waals surface area contributed by atoms with E-state index in [2.05, 4.69) is 26.0 Å². The van der Waals surface area contributed by atoms with Gasteiger partial charge in [-0.25, -0.2) is 4.79 Å². The quantitative estimate of drug-likeness (QED) is 0.00991. The second kappa shape index (κ2) is 43.9. The van der Waals surface area contributed by atoms with E-state index in [1.807, 2.05) is 6.08 Å². The van der Waals surface area contributed by atoms with Crippen molar-refractivity contribution in [2.24, 2.45) is 0 Å². The Balaban J connectivity index is 1.77. The van der Waals surface area contributed by atoms with Crippen LogP contribution in [0.5, 0.6) is 0 Å². The lowest BCUT2D eigenvalue weighted by Gasteiger charge is -2.42. The molecule has 0 spiro atoms. The minimum atomic E-state index is -1.78. The molecule has 0 radical (unpaired) electrons. The molecule has 11 atom stereocenters. The number of aliphatic hydroxyl groups is 7. The SMILES string of the molecule is CCCCCCCC/C=C/CCCCCCCCCCCCCC(=O)OC[C@@H](CO[C@@H]1O[C@H](CO[C@@H]2O[C@H](CO)[C@H](O)C(O)C2O)[C@H](O)C(O)C1O)OC(=O)/C=C/C=C/CCCCCCCCCCCCC. The van der Waals surface area contributed by atoms with Gasteiger partial charge in [0.1, 0.15) is 55.4 Å². The van der Waals surface area contributed by atoms with E-state index in [0.717, 1.165) is 38.5 Å². The van der Waals surface area contributed by atoms with Crippen molar-refractivity contribution in [2.45, 2.75) is 287 Å². The lowest BCUT2D eigenvalue weighted by molar-refractivity contribution is -0.332. The van der Waals surface area contributed by atoms with E-state index in [4.69, 9.17) is 28.4 Å². The Hall–Kier alpha value is -2.28. The van der Waals surface area contributed by atoms with Gasteiger partial charge >= 0.3 is 11.9 Å². The molecule has 15 nitrogen and oxygen atoms in total. The zero-order valence-corrected chi connectivity index (χ0v) is 44.7. The summed E-state index contributed by atoms with van der Waals surface area (Å²) in [6.45, 7) is 2.50. The van der Waals surface area contributed by atoms with Crippen LogP contribution in [0.15, 0.2) is 36.5 Å². The summed E-state index contributed by atoms with van der Waals surface area (Å²) in [7, 11) is 0. The summed E-state index contributed by atoms with van der Waals surface area (Å²) in [5.74, 6) is -1.17. The van der Waals surface area contributed by atoms with E-state index in [0.29, 0.717) is 6.42 Å². The summed E-state index contributed by atoms with van der Waals surface area (Å²) in [5, 5.41) is 72.2. The van der Waals surface area contributed by atoms with Crippen molar-refractivity contribution in [1.29, 1.82) is 0 Å². The number of unbranched alkanes of at least 4 members (excludes halogenated alkanes) is 28. The number of ether oxygens (including phenoxy) is 6. The third kappa shape index (κ3) is 30.9. The molecule has 0 saturated carbocycles. The van der Waals surface area contributed by atoms with Crippen LogP contribution in [0.25, 0.3) is 0 Å². The molecule has 2 aliphatic heterocycles. The summed E-state index contributed by atoms with van der Waals surface area (Å²) < 4.78 is 33.5. The highest BCUT2D eigenvalue weighted by Crippen LogP contribution is 2.27. The van der Waals surface area contributed by atoms with E-state index in [1.54, 1.807) is 12.2 Å². The monoisotopic (exact) mass is 1030 g/mol. The normalized spacial score (nSPS) is 25.2. The summed E-state index contributed by atoms with van der Waals surface area (Å²) in [6.07, 6.45) is 32.3. The molecule has 420 valence electrons. The van der Waals surface area contributed by atoms with Crippen molar-refractivity contribution in [1.82, 2.24) is 0 Å². The van der Waals surface area contributed by atoms with Gasteiger partial charge in [0.25, 0.3) is 0 Å². The highest BCUT2D eigenvalue weighted by Gasteiger charge is 2.47. The van der Waals surface area contributed by atoms with Gasteiger partial charge in [-0.1, -0.05) is 198 Å². The summed E-state index contributed by atoms with van der Waals surface area (Å²) in [4.78, 5) is 25.7. The van der Waals surface area contributed by atoms with Crippen LogP contribution < -0.4 is 0 Å². The van der Waals surface area contributed by atoms with E-state index in [-0.39, 0.29) is 13.0 Å². The standard InChI is InChI=1S/C57H102O15/c1-3-5-7-9-11-13-15-17-19-20-21-22-23-24-26-27-29-31-33-35-37-39-48(59)67-42-45(70-49(60)40-38-36-34-32-30-28-25-18-16-14-12-10-8-6-4-2)43-68-56-55(66)53(64)51(62)47(72-56)44-69-57-54(65)52(63)50(61)46(41-58)71-57/h17,19,34,36,38,40,45-47,50-58,61-66H,3-16,18,20-33,35,37,39,41-44H2,1-2H3/b19-17+,36-34+,40-38+/t45-,46+,47+,50-,51-,52?,53?,54?,55?,56+,57+/m0/s1. The van der Waals surface area contributed by atoms with Gasteiger partial charge in [0.05, 0.1) is 19.8 Å². The Kier molecular flexibility index (Phi) is 40.1. The molecule has 2 rings (SSSR count). The number of hydrogen-bond acceptors (Lipinski definition) is 15. The molecule has 2 aliphatic rings. The maximum absolute atomic E-state index is 12.9. The Labute approximate surface area is 434 Å². The van der Waals surface area contributed by atoms with Gasteiger partial charge in [-0.05, 0) is 44.9 Å². The van der Waals surface area contributed by atoms with Crippen molar-refractivity contribution in [3.05, 3.63) is 36.5 Å². The number of allylic oxidation sites excluding steroid dienone is 5. The Morgan fingerprint density at radius 1 is 0.472 bits per heavy atom. The van der Waals surface area contributed by atoms with Crippen LogP contribution in [0, 0.1) is 0 Å². The molecule has 0 amide bonds. The van der Waals surface area contributed by atoms with Gasteiger partial charge in [-0.15, -0.1) is 0 Å². The first-order valence-corrected chi connectivity index (χ1v) is 28.6. The maximum atomic E-state index is 12.9. The second-order valence-electron chi connectivity index (χ2n) is 20.2. The number of hydrogen-bond donors (Lipinski definition) is 7. The first-order chi connectivity index (χ1) is 35.0. The van der Waals surface area contributed by atoms with Crippen LogP contribution in [0.2, 0.25) is 0 Å². The van der Waals surface area contributed by atoms with Crippen LogP contribution in [0.3, 0.4) is 0 Å². The van der Waals surface area contributed by atoms with E-state index in [9.17, 15) is 45.3 Å². The minimum Gasteiger partial charge on any atom is -0.462 e. The predicted octanol–water partition coefficient (Wildman–Crippen LogP) is 9.27. The van der Waals surface area contributed by atoms with Gasteiger partial charge in [0.2, 0.25) is 0 Å². The Bertz CT molecular complexity index is 1390. The van der Waals surface area contributed by atoms with Crippen molar-refractivity contribution >= 4 is 11.9 Å². The highest BCUT2D eigenvalue weighted by atomic mass is 16.7. The lowest BCUT2D eigenvalue weighted by atomic mass is 9.98. The predicted molar refractivity (Wildman–Crippen MR) is 280 cm³/mol. The molecule has 4 unspecified atom stereocenters. The van der Waals surface area contributed by atoms with Gasteiger partial charge < -0.3 is 64.2 Å². The van der Waals surface area contributed by atoms with Crippen LogP contribution in [0.4, 0.5) is 0 Å². The number of carbonyl (C=O) groups is 2. The molecule has 2 fully saturated rings. The third-order valence-corrected chi connectivity index (χ3v) is 13.7. The average molecular weight is 1030 g/mol. The number of esters is 2. The molecule has 0 aromatic rings. The molecule has 0 bridgehead atoms. The number of rotatable bonds is 45. The van der Waals surface area contributed by atoms with Crippen LogP contribution >= 0.6 is 0 Å². The minimum absolute atomic E-state index is 0.199. The fourth-order valence-electron chi connectivity index (χ4n) is 9.00. The Morgan fingerprint density at radius 3 is 1.38 bits per heavy atom. The molecular formula is C57H102O15. The first kappa shape index (κ1) is 65.8. The van der Waals surface area contributed by atoms with Crippen LogP contribution in [0.1, 0.15) is 219 Å². The third-order valence-electron chi connectivity index (χ3n) is 13.7. The zero-order chi connectivity index (χ0) is 52.4. The van der Waals surface area contributed by atoms with Gasteiger partial charge in [0.15, 0.2) is 18.7 Å². The largest absolute Gasteiger partial charge is 0.462 e. The molecule has 15 heteroatoms. The molecular weight excluding hydrogens is 925 g/mol. The Morgan fingerprint density at radius 2 is 0.889 bits per heavy atom. The lowest BCUT2D eigenvalue weighted by Crippen LogP contribution is -2.61. The smallest absolute Gasteiger partial charge is 0.331 e. The highest BCUT2D eigenvalue weighted by molar-refractivity contribution is 5.82. The molecule has 0 aromatic heterocycles. The van der Waals surface area contributed by atoms with Gasteiger partial charge in [-0.2, -0.15) is 0 Å². The molecule has 7 N–H and O–H groups in total. The first-order valence-electron chi connectivity index (χ1n) is 28.6. The van der Waals surface area contributed by atoms with Crippen LogP contribution in [-0.4, -0.2) is 142 Å². The number of carbonyl (C=O) groups excluding carboxylic acids is 2. The summed E-state index contributed by atoms with van der Waals surface area (Å²) in [5.41, 5.74) is 0. The van der Waals surface area contributed by atoms with Crippen LogP contribution in [-0.2, 0) is 38.0 Å². The van der Waals surface area contributed by atoms with Crippen molar-refractivity contribution in [2.75, 3.05) is 26.4 Å². The zero-order valence-electron chi connectivity index (χ0n) is 44.7. The fraction of sp³-hybridized carbons (Fsp3) is 0.860. The molecule has 2 saturated heterocycles. The summed E-state index contributed by atoms with van der Waals surface area (Å²) >= 11 is 0. The van der Waals surface area contributed by atoms with Gasteiger partial charge in [0, 0.05) is 12.5 Å².